The first-order valence-electron chi connectivity index (χ1n) is 8.76. The average Bonchev–Trinajstić information content (AvgIpc) is 3.23. The van der Waals surface area contributed by atoms with Crippen molar-refractivity contribution in [3.63, 3.8) is 0 Å². The van der Waals surface area contributed by atoms with E-state index in [4.69, 9.17) is 4.74 Å². The number of hydrogen-bond acceptors (Lipinski definition) is 2. The molecule has 0 aliphatic carbocycles. The van der Waals surface area contributed by atoms with Gasteiger partial charge in [0.15, 0.2) is 0 Å². The molecular formula is C20H24N2O2. The third-order valence-electron chi connectivity index (χ3n) is 5.60. The number of ether oxygens (including phenoxy) is 1. The van der Waals surface area contributed by atoms with Gasteiger partial charge in [-0.15, -0.1) is 0 Å². The molecule has 0 saturated carbocycles. The standard InChI is InChI=1S/C20H24N2O2/c1-21-11-5-8-18(21)19(23)22-12-9-20(10-13-22)14-17(15-24-20)16-6-3-2-4-7-16/h2-8,11,17H,9-10,12-15H2,1H3. The molecule has 0 bridgehead atoms. The Morgan fingerprint density at radius 3 is 2.54 bits per heavy atom. The number of rotatable bonds is 2. The number of hydrogen-bond donors (Lipinski definition) is 0. The van der Waals surface area contributed by atoms with E-state index in [-0.39, 0.29) is 11.5 Å². The summed E-state index contributed by atoms with van der Waals surface area (Å²) < 4.78 is 8.14. The minimum absolute atomic E-state index is 0.0362. The van der Waals surface area contributed by atoms with Crippen LogP contribution in [0.5, 0.6) is 0 Å². The molecule has 24 heavy (non-hydrogen) atoms. The second-order valence-electron chi connectivity index (χ2n) is 7.10. The van der Waals surface area contributed by atoms with Crippen molar-refractivity contribution in [1.82, 2.24) is 9.47 Å². The quantitative estimate of drug-likeness (QED) is 0.850. The molecule has 1 aromatic carbocycles. The van der Waals surface area contributed by atoms with Gasteiger partial charge in [0.05, 0.1) is 12.2 Å². The number of piperidine rings is 1. The van der Waals surface area contributed by atoms with Gasteiger partial charge in [-0.1, -0.05) is 30.3 Å². The Hall–Kier alpha value is -2.07. The lowest BCUT2D eigenvalue weighted by molar-refractivity contribution is -0.0390. The van der Waals surface area contributed by atoms with Gasteiger partial charge in [-0.3, -0.25) is 4.79 Å². The van der Waals surface area contributed by atoms with Crippen molar-refractivity contribution in [3.8, 4) is 0 Å². The summed E-state index contributed by atoms with van der Waals surface area (Å²) in [4.78, 5) is 14.6. The second kappa shape index (κ2) is 6.10. The molecular weight excluding hydrogens is 300 g/mol. The summed E-state index contributed by atoms with van der Waals surface area (Å²) in [6, 6.07) is 14.5. The highest BCUT2D eigenvalue weighted by Gasteiger charge is 2.43. The fourth-order valence-corrected chi connectivity index (χ4v) is 4.09. The van der Waals surface area contributed by atoms with E-state index >= 15 is 0 Å². The van der Waals surface area contributed by atoms with Crippen LogP contribution < -0.4 is 0 Å². The van der Waals surface area contributed by atoms with Gasteiger partial charge in [-0.2, -0.15) is 0 Å². The minimum Gasteiger partial charge on any atom is -0.374 e. The third-order valence-corrected chi connectivity index (χ3v) is 5.60. The maximum Gasteiger partial charge on any atom is 0.270 e. The lowest BCUT2D eigenvalue weighted by atomic mass is 9.83. The predicted octanol–water partition coefficient (Wildman–Crippen LogP) is 3.20. The van der Waals surface area contributed by atoms with Crippen LogP contribution in [-0.2, 0) is 11.8 Å². The number of carbonyl (C=O) groups excluding carboxylic acids is 1. The Morgan fingerprint density at radius 1 is 1.12 bits per heavy atom. The zero-order chi connectivity index (χ0) is 16.6. The van der Waals surface area contributed by atoms with E-state index in [9.17, 15) is 4.79 Å². The molecule has 1 unspecified atom stereocenters. The number of likely N-dealkylation sites (tertiary alicyclic amines) is 1. The molecule has 2 aliphatic rings. The van der Waals surface area contributed by atoms with Crippen LogP contribution >= 0.6 is 0 Å². The van der Waals surface area contributed by atoms with Crippen LogP contribution in [0, 0.1) is 0 Å². The van der Waals surface area contributed by atoms with E-state index in [1.54, 1.807) is 0 Å². The highest BCUT2D eigenvalue weighted by Crippen LogP contribution is 2.42. The monoisotopic (exact) mass is 324 g/mol. The van der Waals surface area contributed by atoms with Crippen LogP contribution in [0.4, 0.5) is 0 Å². The van der Waals surface area contributed by atoms with Crippen molar-refractivity contribution < 1.29 is 9.53 Å². The Morgan fingerprint density at radius 2 is 1.88 bits per heavy atom. The highest BCUT2D eigenvalue weighted by molar-refractivity contribution is 5.92. The van der Waals surface area contributed by atoms with Crippen molar-refractivity contribution in [3.05, 3.63) is 59.9 Å². The first-order chi connectivity index (χ1) is 11.7. The number of aryl methyl sites for hydroxylation is 1. The normalized spacial score (nSPS) is 22.9. The van der Waals surface area contributed by atoms with Crippen LogP contribution in [0.2, 0.25) is 0 Å². The molecule has 0 radical (unpaired) electrons. The van der Waals surface area contributed by atoms with Gasteiger partial charge in [-0.25, -0.2) is 0 Å². The maximum absolute atomic E-state index is 12.6. The number of aromatic nitrogens is 1. The molecule has 0 N–H and O–H groups in total. The van der Waals surface area contributed by atoms with Crippen LogP contribution in [0.1, 0.15) is 41.2 Å². The Balaban J connectivity index is 1.40. The smallest absolute Gasteiger partial charge is 0.270 e. The van der Waals surface area contributed by atoms with Gasteiger partial charge in [-0.05, 0) is 37.0 Å². The number of benzene rings is 1. The van der Waals surface area contributed by atoms with E-state index in [2.05, 4.69) is 30.3 Å². The molecule has 4 nitrogen and oxygen atoms in total. The first kappa shape index (κ1) is 15.5. The van der Waals surface area contributed by atoms with Crippen molar-refractivity contribution in [2.24, 2.45) is 7.05 Å². The van der Waals surface area contributed by atoms with Crippen LogP contribution in [0.25, 0.3) is 0 Å². The summed E-state index contributed by atoms with van der Waals surface area (Å²) in [5, 5.41) is 0. The van der Waals surface area contributed by atoms with E-state index in [1.165, 1.54) is 5.56 Å². The summed E-state index contributed by atoms with van der Waals surface area (Å²) >= 11 is 0. The van der Waals surface area contributed by atoms with Crippen molar-refractivity contribution in [1.29, 1.82) is 0 Å². The highest BCUT2D eigenvalue weighted by atomic mass is 16.5. The lowest BCUT2D eigenvalue weighted by Crippen LogP contribution is -2.46. The molecule has 2 aromatic rings. The molecule has 2 fully saturated rings. The van der Waals surface area contributed by atoms with Crippen molar-refractivity contribution in [2.45, 2.75) is 30.8 Å². The number of amides is 1. The number of carbonyl (C=O) groups is 1. The van der Waals surface area contributed by atoms with Gasteiger partial charge >= 0.3 is 0 Å². The van der Waals surface area contributed by atoms with Gasteiger partial charge in [0, 0.05) is 32.3 Å². The largest absolute Gasteiger partial charge is 0.374 e. The molecule has 4 rings (SSSR count). The van der Waals surface area contributed by atoms with Gasteiger partial charge in [0.25, 0.3) is 5.91 Å². The molecule has 1 amide bonds. The molecule has 4 heteroatoms. The Bertz CT molecular complexity index is 714. The summed E-state index contributed by atoms with van der Waals surface area (Å²) in [5.41, 5.74) is 2.10. The van der Waals surface area contributed by atoms with E-state index in [1.807, 2.05) is 34.8 Å². The molecule has 2 saturated heterocycles. The SMILES string of the molecule is Cn1cccc1C(=O)N1CCC2(CC1)CC(c1ccccc1)CO2. The lowest BCUT2D eigenvalue weighted by Gasteiger charge is -2.38. The van der Waals surface area contributed by atoms with Gasteiger partial charge in [0.1, 0.15) is 5.69 Å². The van der Waals surface area contributed by atoms with Crippen molar-refractivity contribution in [2.75, 3.05) is 19.7 Å². The van der Waals surface area contributed by atoms with Gasteiger partial charge < -0.3 is 14.2 Å². The molecule has 1 aromatic heterocycles. The van der Waals surface area contributed by atoms with Gasteiger partial charge in [0.2, 0.25) is 0 Å². The molecule has 3 heterocycles. The summed E-state index contributed by atoms with van der Waals surface area (Å²) in [6.45, 7) is 2.37. The molecule has 2 aliphatic heterocycles. The molecule has 126 valence electrons. The summed E-state index contributed by atoms with van der Waals surface area (Å²) in [5.74, 6) is 0.622. The maximum atomic E-state index is 12.6. The minimum atomic E-state index is -0.0362. The summed E-state index contributed by atoms with van der Waals surface area (Å²) in [6.07, 6.45) is 4.87. The first-order valence-corrected chi connectivity index (χ1v) is 8.76. The summed E-state index contributed by atoms with van der Waals surface area (Å²) in [7, 11) is 1.92. The topological polar surface area (TPSA) is 34.5 Å². The Kier molecular flexibility index (Phi) is 3.93. The predicted molar refractivity (Wildman–Crippen MR) is 93.0 cm³/mol. The Labute approximate surface area is 143 Å². The molecule has 1 atom stereocenters. The second-order valence-corrected chi connectivity index (χ2v) is 7.10. The van der Waals surface area contributed by atoms with Crippen LogP contribution in [0.15, 0.2) is 48.7 Å². The van der Waals surface area contributed by atoms with E-state index in [0.717, 1.165) is 44.7 Å². The fraction of sp³-hybridized carbons (Fsp3) is 0.450. The third kappa shape index (κ3) is 2.75. The van der Waals surface area contributed by atoms with E-state index < -0.39 is 0 Å². The van der Waals surface area contributed by atoms with Crippen LogP contribution in [0.3, 0.4) is 0 Å². The fourth-order valence-electron chi connectivity index (χ4n) is 4.09. The van der Waals surface area contributed by atoms with Crippen LogP contribution in [-0.4, -0.2) is 40.7 Å². The average molecular weight is 324 g/mol. The zero-order valence-electron chi connectivity index (χ0n) is 14.1. The zero-order valence-corrected chi connectivity index (χ0v) is 14.1. The van der Waals surface area contributed by atoms with E-state index in [0.29, 0.717) is 5.92 Å². The van der Waals surface area contributed by atoms with Crippen molar-refractivity contribution >= 4 is 5.91 Å². The molecule has 1 spiro atoms. The number of nitrogens with zero attached hydrogens (tertiary/aromatic N) is 2.